The first kappa shape index (κ1) is 44.6. The first-order chi connectivity index (χ1) is 29.1. The number of nitrogens with two attached hydrogens (primary N) is 4. The number of amidine groups is 1. The summed E-state index contributed by atoms with van der Waals surface area (Å²) >= 11 is 0. The molecule has 5 rings (SSSR count). The van der Waals surface area contributed by atoms with Crippen LogP contribution in [0, 0.1) is 0 Å². The van der Waals surface area contributed by atoms with Gasteiger partial charge < -0.3 is 53.1 Å². The lowest BCUT2D eigenvalue weighted by Gasteiger charge is -2.29. The summed E-state index contributed by atoms with van der Waals surface area (Å²) in [6, 6.07) is 24.4. The number of ether oxygens (including phenoxy) is 2. The van der Waals surface area contributed by atoms with Crippen LogP contribution in [0.1, 0.15) is 59.3 Å². The Balaban J connectivity index is 1.44. The number of benzene rings is 4. The number of hydrogen-bond donors (Lipinski definition) is 8. The zero-order chi connectivity index (χ0) is 43.0. The number of carbonyl (C=O) groups is 4. The van der Waals surface area contributed by atoms with E-state index in [0.29, 0.717) is 40.2 Å². The average molecular weight is 821 g/mol. The van der Waals surface area contributed by atoms with Gasteiger partial charge >= 0.3 is 0 Å². The molecule has 1 heterocycles. The highest BCUT2D eigenvalue weighted by atomic mass is 16.5. The predicted molar refractivity (Wildman–Crippen MR) is 232 cm³/mol. The Bertz CT molecular complexity index is 2130. The molecule has 2 atom stereocenters. The van der Waals surface area contributed by atoms with E-state index in [4.69, 9.17) is 32.6 Å². The summed E-state index contributed by atoms with van der Waals surface area (Å²) in [7, 11) is 1.46. The van der Waals surface area contributed by atoms with Gasteiger partial charge in [0.1, 0.15) is 36.6 Å². The lowest BCUT2D eigenvalue weighted by molar-refractivity contribution is -0.139. The number of amides is 4. The van der Waals surface area contributed by atoms with Gasteiger partial charge in [0.25, 0.3) is 5.91 Å². The fourth-order valence-electron chi connectivity index (χ4n) is 6.95. The minimum atomic E-state index is -1.25. The molecule has 4 bridgehead atoms. The fraction of sp³-hybridized carbons (Fsp3) is 0.341. The number of hydrogen-bond acceptors (Lipinski definition) is 11. The lowest BCUT2D eigenvalue weighted by Crippen LogP contribution is -2.49. The molecule has 0 saturated carbocycles. The summed E-state index contributed by atoms with van der Waals surface area (Å²) in [6.45, 7) is 2.26. The highest BCUT2D eigenvalue weighted by molar-refractivity contribution is 5.98. The number of aryl methyl sites for hydroxylation is 1. The number of hydrazine groups is 1. The summed E-state index contributed by atoms with van der Waals surface area (Å²) in [5, 5.41) is 12.0. The SMILES string of the molecule is CCCCc1ccc(-c2ccc(C(=O)NCC(=O)N(C)C3C(=O)NCC(=O)NC(C/C(=N/N)NN)Cc4ccc(OCCN)c(c4)-c4cc3ccc4OCCN)cc2)cc1. The predicted octanol–water partition coefficient (Wildman–Crippen LogP) is 2.25. The van der Waals surface area contributed by atoms with Crippen molar-refractivity contribution in [2.75, 3.05) is 46.4 Å². The van der Waals surface area contributed by atoms with Gasteiger partial charge in [-0.1, -0.05) is 61.9 Å². The summed E-state index contributed by atoms with van der Waals surface area (Å²) in [6.07, 6.45) is 3.78. The van der Waals surface area contributed by atoms with Crippen LogP contribution >= 0.6 is 0 Å². The van der Waals surface area contributed by atoms with Gasteiger partial charge in [0.2, 0.25) is 17.7 Å². The summed E-state index contributed by atoms with van der Waals surface area (Å²) < 4.78 is 12.2. The zero-order valence-corrected chi connectivity index (χ0v) is 34.2. The van der Waals surface area contributed by atoms with Crippen LogP contribution in [0.15, 0.2) is 90.0 Å². The second kappa shape index (κ2) is 22.0. The average Bonchev–Trinajstić information content (AvgIpc) is 3.27. The van der Waals surface area contributed by atoms with Crippen molar-refractivity contribution in [1.82, 2.24) is 26.3 Å². The second-order valence-electron chi connectivity index (χ2n) is 14.4. The fourth-order valence-corrected chi connectivity index (χ4v) is 6.95. The van der Waals surface area contributed by atoms with Gasteiger partial charge in [0.05, 0.1) is 13.1 Å². The topological polar surface area (TPSA) is 255 Å². The molecule has 318 valence electrons. The molecule has 0 aromatic heterocycles. The van der Waals surface area contributed by atoms with E-state index < -0.39 is 48.8 Å². The molecule has 4 aromatic carbocycles. The van der Waals surface area contributed by atoms with E-state index >= 15 is 0 Å². The lowest BCUT2D eigenvalue weighted by atomic mass is 9.93. The number of nitrogens with one attached hydrogen (secondary N) is 4. The summed E-state index contributed by atoms with van der Waals surface area (Å²) in [4.78, 5) is 55.8. The third-order valence-corrected chi connectivity index (χ3v) is 10.1. The normalized spacial score (nSPS) is 15.5. The van der Waals surface area contributed by atoms with Gasteiger partial charge in [-0.15, -0.1) is 0 Å². The van der Waals surface area contributed by atoms with Crippen molar-refractivity contribution in [3.8, 4) is 33.8 Å². The van der Waals surface area contributed by atoms with Crippen LogP contribution in [0.2, 0.25) is 0 Å². The number of likely N-dealkylation sites (N-methyl/N-ethyl adjacent to an activating group) is 1. The maximum absolute atomic E-state index is 14.1. The molecule has 0 fully saturated rings. The quantitative estimate of drug-likeness (QED) is 0.0352. The Kier molecular flexibility index (Phi) is 16.4. The maximum atomic E-state index is 14.1. The van der Waals surface area contributed by atoms with Crippen molar-refractivity contribution in [2.45, 2.75) is 51.1 Å². The zero-order valence-electron chi connectivity index (χ0n) is 34.2. The van der Waals surface area contributed by atoms with E-state index in [1.807, 2.05) is 24.3 Å². The van der Waals surface area contributed by atoms with Crippen LogP contribution in [0.3, 0.4) is 0 Å². The summed E-state index contributed by atoms with van der Waals surface area (Å²) in [5.41, 5.74) is 20.1. The van der Waals surface area contributed by atoms with Gasteiger partial charge in [0, 0.05) is 49.3 Å². The van der Waals surface area contributed by atoms with E-state index in [1.54, 1.807) is 36.4 Å². The minimum absolute atomic E-state index is 0.149. The van der Waals surface area contributed by atoms with E-state index in [0.717, 1.165) is 36.0 Å². The van der Waals surface area contributed by atoms with Gasteiger partial charge in [-0.3, -0.25) is 19.2 Å². The molecule has 1 aliphatic rings. The van der Waals surface area contributed by atoms with Gasteiger partial charge in [-0.2, -0.15) is 5.10 Å². The molecule has 12 N–H and O–H groups in total. The Hall–Kier alpha value is -6.49. The van der Waals surface area contributed by atoms with Crippen LogP contribution in [0.4, 0.5) is 0 Å². The van der Waals surface area contributed by atoms with Crippen molar-refractivity contribution in [2.24, 2.45) is 28.3 Å². The molecule has 4 aromatic rings. The molecule has 1 aliphatic heterocycles. The third-order valence-electron chi connectivity index (χ3n) is 10.1. The summed E-state index contributed by atoms with van der Waals surface area (Å²) in [5.74, 6) is 10.2. The largest absolute Gasteiger partial charge is 0.492 e. The number of unbranched alkanes of at least 4 members (excludes halogenated alkanes) is 1. The van der Waals surface area contributed by atoms with Crippen molar-refractivity contribution in [3.05, 3.63) is 107 Å². The Morgan fingerprint density at radius 1 is 0.883 bits per heavy atom. The van der Waals surface area contributed by atoms with Crippen LogP contribution < -0.4 is 54.0 Å². The van der Waals surface area contributed by atoms with Crippen molar-refractivity contribution < 1.29 is 28.7 Å². The van der Waals surface area contributed by atoms with Crippen LogP contribution in [-0.4, -0.2) is 86.8 Å². The Morgan fingerprint density at radius 2 is 1.52 bits per heavy atom. The third kappa shape index (κ3) is 11.8. The molecular weight excluding hydrogens is 765 g/mol. The first-order valence-electron chi connectivity index (χ1n) is 20.1. The number of carbonyl (C=O) groups excluding carboxylic acids is 4. The first-order valence-corrected chi connectivity index (χ1v) is 20.1. The van der Waals surface area contributed by atoms with Gasteiger partial charge in [-0.25, -0.2) is 5.84 Å². The standard InChI is InChI=1S/C44H56N10O6/c1-3-4-5-28-6-9-30(10-7-28)31-11-13-32(14-12-31)43(57)50-27-41(56)54(2)42-33-15-17-38(60-21-19-46)36(24-33)35-23-29(8-16-37(35)59-20-18-45)22-34(25-39(52-47)53-48)51-40(55)26-49-44(42)58/h6-17,23-24,34,42H,3-5,18-22,25-27,45-48H2,1-2H3,(H,49,58)(H,50,57)(H,51,55)(H,52,53). The van der Waals surface area contributed by atoms with E-state index in [1.165, 1.54) is 17.5 Å². The van der Waals surface area contributed by atoms with Crippen LogP contribution in [-0.2, 0) is 27.2 Å². The van der Waals surface area contributed by atoms with E-state index in [-0.39, 0.29) is 38.6 Å². The molecule has 4 amide bonds. The second-order valence-corrected chi connectivity index (χ2v) is 14.4. The van der Waals surface area contributed by atoms with E-state index in [2.05, 4.69) is 57.7 Å². The van der Waals surface area contributed by atoms with Crippen molar-refractivity contribution in [1.29, 1.82) is 0 Å². The molecule has 60 heavy (non-hydrogen) atoms. The number of hydrazone groups is 1. The highest BCUT2D eigenvalue weighted by Crippen LogP contribution is 2.40. The van der Waals surface area contributed by atoms with Gasteiger partial charge in [-0.05, 0) is 83.5 Å². The molecule has 16 heteroatoms. The Labute approximate surface area is 350 Å². The molecule has 0 radical (unpaired) electrons. The Morgan fingerprint density at radius 3 is 2.13 bits per heavy atom. The van der Waals surface area contributed by atoms with Crippen molar-refractivity contribution >= 4 is 29.5 Å². The monoisotopic (exact) mass is 820 g/mol. The number of nitrogens with zero attached hydrogens (tertiary/aromatic N) is 2. The smallest absolute Gasteiger partial charge is 0.251 e. The van der Waals surface area contributed by atoms with Crippen molar-refractivity contribution in [3.63, 3.8) is 0 Å². The van der Waals surface area contributed by atoms with Crippen LogP contribution in [0.25, 0.3) is 22.3 Å². The molecule has 0 aliphatic carbocycles. The minimum Gasteiger partial charge on any atom is -0.492 e. The molecule has 0 spiro atoms. The number of rotatable bonds is 16. The van der Waals surface area contributed by atoms with E-state index in [9.17, 15) is 19.2 Å². The molecule has 2 unspecified atom stereocenters. The van der Waals surface area contributed by atoms with Crippen LogP contribution in [0.5, 0.6) is 11.5 Å². The number of fused-ring (bicyclic) bond motifs is 5. The highest BCUT2D eigenvalue weighted by Gasteiger charge is 2.31. The molecule has 0 saturated heterocycles. The maximum Gasteiger partial charge on any atom is 0.251 e. The molecule has 16 nitrogen and oxygen atoms in total. The molecular formula is C44H56N10O6. The van der Waals surface area contributed by atoms with Gasteiger partial charge in [0.15, 0.2) is 0 Å².